The summed E-state index contributed by atoms with van der Waals surface area (Å²) < 4.78 is 1.03. The lowest BCUT2D eigenvalue weighted by Crippen LogP contribution is -2.05. The van der Waals surface area contributed by atoms with E-state index in [0.29, 0.717) is 17.8 Å². The van der Waals surface area contributed by atoms with Crippen LogP contribution in [0.5, 0.6) is 0 Å². The Kier molecular flexibility index (Phi) is 3.31. The van der Waals surface area contributed by atoms with E-state index in [2.05, 4.69) is 4.98 Å². The first kappa shape index (κ1) is 11.2. The Morgan fingerprint density at radius 1 is 1.50 bits per heavy atom. The van der Waals surface area contributed by atoms with E-state index in [0.717, 1.165) is 10.2 Å². The molecule has 0 saturated carbocycles. The first-order valence-corrected chi connectivity index (χ1v) is 6.05. The van der Waals surface area contributed by atoms with Gasteiger partial charge in [0.1, 0.15) is 0 Å². The molecule has 1 N–H and O–H groups in total. The second-order valence-electron chi connectivity index (χ2n) is 3.80. The van der Waals surface area contributed by atoms with Crippen molar-refractivity contribution in [1.29, 1.82) is 0 Å². The van der Waals surface area contributed by atoms with Crippen molar-refractivity contribution in [1.82, 2.24) is 4.98 Å². The molecule has 1 aromatic heterocycles. The maximum Gasteiger partial charge on any atom is 0.191 e. The van der Waals surface area contributed by atoms with Crippen molar-refractivity contribution in [3.63, 3.8) is 0 Å². The molecule has 0 aliphatic heterocycles. The number of benzene rings is 1. The van der Waals surface area contributed by atoms with Crippen LogP contribution in [0.25, 0.3) is 10.2 Å². The van der Waals surface area contributed by atoms with Crippen LogP contribution in [0, 0.1) is 0 Å². The molecule has 0 amide bonds. The van der Waals surface area contributed by atoms with Gasteiger partial charge in [-0.2, -0.15) is 0 Å². The molecule has 0 saturated heterocycles. The van der Waals surface area contributed by atoms with Crippen molar-refractivity contribution >= 4 is 27.3 Å². The summed E-state index contributed by atoms with van der Waals surface area (Å²) in [6.07, 6.45) is 0.421. The van der Waals surface area contributed by atoms with E-state index in [1.807, 2.05) is 24.3 Å². The fourth-order valence-corrected chi connectivity index (χ4v) is 2.37. The monoisotopic (exact) mass is 235 g/mol. The quantitative estimate of drug-likeness (QED) is 0.829. The number of carbonyl (C=O) groups excluding carboxylic acids is 1. The van der Waals surface area contributed by atoms with E-state index in [1.165, 1.54) is 11.3 Å². The zero-order chi connectivity index (χ0) is 11.5. The molecule has 1 heterocycles. The SMILES string of the molecule is CC(O)CCC(=O)c1nc2ccccc2s1. The smallest absolute Gasteiger partial charge is 0.191 e. The first-order chi connectivity index (χ1) is 7.66. The maximum absolute atomic E-state index is 11.8. The predicted octanol–water partition coefficient (Wildman–Crippen LogP) is 2.64. The number of rotatable bonds is 4. The average molecular weight is 235 g/mol. The summed E-state index contributed by atoms with van der Waals surface area (Å²) in [5, 5.41) is 9.66. The van der Waals surface area contributed by atoms with E-state index in [1.54, 1.807) is 6.92 Å². The summed E-state index contributed by atoms with van der Waals surface area (Å²) >= 11 is 1.41. The van der Waals surface area contributed by atoms with E-state index >= 15 is 0 Å². The molecule has 1 unspecified atom stereocenters. The van der Waals surface area contributed by atoms with Gasteiger partial charge in [0.05, 0.1) is 16.3 Å². The summed E-state index contributed by atoms with van der Waals surface area (Å²) in [5.41, 5.74) is 0.868. The molecule has 0 aliphatic rings. The standard InChI is InChI=1S/C12H13NO2S/c1-8(14)6-7-10(15)12-13-9-4-2-3-5-11(9)16-12/h2-5,8,14H,6-7H2,1H3. The number of para-hydroxylation sites is 1. The largest absolute Gasteiger partial charge is 0.393 e. The lowest BCUT2D eigenvalue weighted by molar-refractivity contribution is 0.0949. The number of hydrogen-bond acceptors (Lipinski definition) is 4. The highest BCUT2D eigenvalue weighted by Gasteiger charge is 2.12. The summed E-state index contributed by atoms with van der Waals surface area (Å²) in [7, 11) is 0. The van der Waals surface area contributed by atoms with Crippen LogP contribution in [0.2, 0.25) is 0 Å². The maximum atomic E-state index is 11.8. The Morgan fingerprint density at radius 3 is 2.94 bits per heavy atom. The molecule has 0 spiro atoms. The van der Waals surface area contributed by atoms with Crippen LogP contribution in [0.4, 0.5) is 0 Å². The van der Waals surface area contributed by atoms with Gasteiger partial charge in [0.25, 0.3) is 0 Å². The van der Waals surface area contributed by atoms with Gasteiger partial charge in [-0.15, -0.1) is 11.3 Å². The van der Waals surface area contributed by atoms with E-state index in [9.17, 15) is 4.79 Å². The number of Topliss-reactive ketones (excluding diaryl/α,β-unsaturated/α-hetero) is 1. The molecule has 4 heteroatoms. The van der Waals surface area contributed by atoms with Crippen LogP contribution in [-0.2, 0) is 0 Å². The first-order valence-electron chi connectivity index (χ1n) is 5.23. The second-order valence-corrected chi connectivity index (χ2v) is 4.83. The lowest BCUT2D eigenvalue weighted by Gasteiger charge is -2.00. The van der Waals surface area contributed by atoms with Crippen molar-refractivity contribution in [2.75, 3.05) is 0 Å². The van der Waals surface area contributed by atoms with Crippen LogP contribution in [-0.4, -0.2) is 22.0 Å². The number of aliphatic hydroxyl groups excluding tert-OH is 1. The Balaban J connectivity index is 2.17. The highest BCUT2D eigenvalue weighted by atomic mass is 32.1. The molecule has 0 bridgehead atoms. The molecule has 1 atom stereocenters. The van der Waals surface area contributed by atoms with Crippen LogP contribution in [0.3, 0.4) is 0 Å². The number of fused-ring (bicyclic) bond motifs is 1. The number of aliphatic hydroxyl groups is 1. The molecular formula is C12H13NO2S. The molecule has 0 aliphatic carbocycles. The van der Waals surface area contributed by atoms with Crippen LogP contribution < -0.4 is 0 Å². The van der Waals surface area contributed by atoms with E-state index < -0.39 is 6.10 Å². The van der Waals surface area contributed by atoms with Crippen molar-refractivity contribution < 1.29 is 9.90 Å². The minimum atomic E-state index is -0.432. The van der Waals surface area contributed by atoms with Crippen molar-refractivity contribution in [2.45, 2.75) is 25.9 Å². The second kappa shape index (κ2) is 4.72. The Morgan fingerprint density at radius 2 is 2.25 bits per heavy atom. The van der Waals surface area contributed by atoms with Crippen molar-refractivity contribution in [3.05, 3.63) is 29.3 Å². The average Bonchev–Trinajstić information content (AvgIpc) is 2.69. The van der Waals surface area contributed by atoms with Crippen LogP contribution in [0.15, 0.2) is 24.3 Å². The van der Waals surface area contributed by atoms with Gasteiger partial charge in [0.15, 0.2) is 10.8 Å². The third-order valence-electron chi connectivity index (χ3n) is 2.32. The third-order valence-corrected chi connectivity index (χ3v) is 3.40. The third kappa shape index (κ3) is 2.46. The molecule has 0 radical (unpaired) electrons. The zero-order valence-electron chi connectivity index (χ0n) is 9.01. The number of nitrogens with zero attached hydrogens (tertiary/aromatic N) is 1. The molecule has 1 aromatic carbocycles. The van der Waals surface area contributed by atoms with Gasteiger partial charge in [0.2, 0.25) is 0 Å². The lowest BCUT2D eigenvalue weighted by atomic mass is 10.1. The molecule has 2 aromatic rings. The molecule has 84 valence electrons. The topological polar surface area (TPSA) is 50.2 Å². The van der Waals surface area contributed by atoms with Gasteiger partial charge in [0, 0.05) is 6.42 Å². The van der Waals surface area contributed by atoms with Gasteiger partial charge in [-0.3, -0.25) is 4.79 Å². The predicted molar refractivity (Wildman–Crippen MR) is 64.9 cm³/mol. The van der Waals surface area contributed by atoms with Crippen molar-refractivity contribution in [2.24, 2.45) is 0 Å². The van der Waals surface area contributed by atoms with Gasteiger partial charge in [-0.25, -0.2) is 4.98 Å². The van der Waals surface area contributed by atoms with E-state index in [4.69, 9.17) is 5.11 Å². The Bertz CT molecular complexity index is 471. The van der Waals surface area contributed by atoms with Crippen molar-refractivity contribution in [3.8, 4) is 0 Å². The Hall–Kier alpha value is -1.26. The number of thiazole rings is 1. The number of hydrogen-bond donors (Lipinski definition) is 1. The molecule has 0 fully saturated rings. The molecular weight excluding hydrogens is 222 g/mol. The van der Waals surface area contributed by atoms with Gasteiger partial charge < -0.3 is 5.11 Å². The fourth-order valence-electron chi connectivity index (χ4n) is 1.44. The van der Waals surface area contributed by atoms with Gasteiger partial charge >= 0.3 is 0 Å². The zero-order valence-corrected chi connectivity index (χ0v) is 9.83. The number of aromatic nitrogens is 1. The fraction of sp³-hybridized carbons (Fsp3) is 0.333. The van der Waals surface area contributed by atoms with Gasteiger partial charge in [-0.1, -0.05) is 12.1 Å². The summed E-state index contributed by atoms with van der Waals surface area (Å²) in [6.45, 7) is 1.69. The highest BCUT2D eigenvalue weighted by Crippen LogP contribution is 2.22. The Labute approximate surface area is 97.8 Å². The summed E-state index contributed by atoms with van der Waals surface area (Å²) in [4.78, 5) is 16.0. The molecule has 2 rings (SSSR count). The van der Waals surface area contributed by atoms with Crippen LogP contribution >= 0.6 is 11.3 Å². The summed E-state index contributed by atoms with van der Waals surface area (Å²) in [6, 6.07) is 7.70. The normalized spacial score (nSPS) is 12.9. The number of ketones is 1. The highest BCUT2D eigenvalue weighted by molar-refractivity contribution is 7.20. The number of carbonyl (C=O) groups is 1. The van der Waals surface area contributed by atoms with E-state index in [-0.39, 0.29) is 5.78 Å². The minimum Gasteiger partial charge on any atom is -0.393 e. The van der Waals surface area contributed by atoms with Crippen LogP contribution in [0.1, 0.15) is 29.6 Å². The molecule has 3 nitrogen and oxygen atoms in total. The molecule has 16 heavy (non-hydrogen) atoms. The minimum absolute atomic E-state index is 0.0158. The summed E-state index contributed by atoms with van der Waals surface area (Å²) in [5.74, 6) is 0.0158. The van der Waals surface area contributed by atoms with Gasteiger partial charge in [-0.05, 0) is 25.5 Å².